The van der Waals surface area contributed by atoms with Crippen LogP contribution in [0.2, 0.25) is 0 Å². The molecule has 1 fully saturated rings. The van der Waals surface area contributed by atoms with E-state index in [0.29, 0.717) is 36.0 Å². The van der Waals surface area contributed by atoms with Gasteiger partial charge in [-0.1, -0.05) is 35.9 Å². The van der Waals surface area contributed by atoms with Crippen LogP contribution < -0.4 is 19.7 Å². The number of amides is 4. The summed E-state index contributed by atoms with van der Waals surface area (Å²) in [6.45, 7) is 8.68. The summed E-state index contributed by atoms with van der Waals surface area (Å²) in [7, 11) is 0. The van der Waals surface area contributed by atoms with E-state index < -0.39 is 17.8 Å². The van der Waals surface area contributed by atoms with Crippen LogP contribution in [-0.2, 0) is 16.2 Å². The van der Waals surface area contributed by atoms with Crippen molar-refractivity contribution < 1.29 is 23.9 Å². The summed E-state index contributed by atoms with van der Waals surface area (Å²) < 4.78 is 12.7. The van der Waals surface area contributed by atoms with Crippen LogP contribution in [0.4, 0.5) is 10.5 Å². The minimum atomic E-state index is -0.782. The first kappa shape index (κ1) is 26.4. The third-order valence-corrected chi connectivity index (χ3v) is 6.79. The van der Waals surface area contributed by atoms with Crippen molar-refractivity contribution in [3.05, 3.63) is 91.6 Å². The summed E-state index contributed by atoms with van der Waals surface area (Å²) in [5.74, 6) is -0.360. The summed E-state index contributed by atoms with van der Waals surface area (Å²) in [6, 6.07) is 15.9. The first-order valence-electron chi connectivity index (χ1n) is 11.8. The Balaban J connectivity index is 1.65. The molecule has 37 heavy (non-hydrogen) atoms. The van der Waals surface area contributed by atoms with E-state index in [4.69, 9.17) is 9.47 Å². The lowest BCUT2D eigenvalue weighted by atomic mass is 10.1. The highest BCUT2D eigenvalue weighted by Crippen LogP contribution is 2.36. The Hall–Kier alpha value is -3.66. The quantitative estimate of drug-likeness (QED) is 0.206. The number of barbiturate groups is 1. The largest absolute Gasteiger partial charge is 0.490 e. The third-order valence-electron chi connectivity index (χ3n) is 5.99. The Morgan fingerprint density at radius 2 is 1.65 bits per heavy atom. The standard InChI is InChI=1S/C29H27IN2O5/c1-5-36-25-15-21(14-24(30)26(25)37-16-20-9-8-18(3)19(4)12-20)13-23-27(33)31-29(35)32(28(23)34)22-10-6-17(2)7-11-22/h6-15H,5,16H2,1-4H3,(H,31,33,35)/b23-13+. The second-order valence-corrected chi connectivity index (χ2v) is 9.93. The molecule has 4 amide bonds. The van der Waals surface area contributed by atoms with Gasteiger partial charge in [0.05, 0.1) is 15.9 Å². The normalized spacial score (nSPS) is 14.7. The molecule has 0 spiro atoms. The number of urea groups is 1. The van der Waals surface area contributed by atoms with Gasteiger partial charge in [0.2, 0.25) is 0 Å². The Morgan fingerprint density at radius 1 is 0.919 bits per heavy atom. The Labute approximate surface area is 229 Å². The number of benzene rings is 3. The molecule has 190 valence electrons. The first-order chi connectivity index (χ1) is 17.7. The highest BCUT2D eigenvalue weighted by Gasteiger charge is 2.36. The number of aryl methyl sites for hydroxylation is 3. The number of nitrogens with zero attached hydrogens (tertiary/aromatic N) is 1. The second kappa shape index (κ2) is 11.2. The molecule has 3 aromatic carbocycles. The van der Waals surface area contributed by atoms with Crippen molar-refractivity contribution in [1.82, 2.24) is 5.32 Å². The average molecular weight is 610 g/mol. The van der Waals surface area contributed by atoms with Gasteiger partial charge in [-0.05, 0) is 103 Å². The topological polar surface area (TPSA) is 84.9 Å². The van der Waals surface area contributed by atoms with Gasteiger partial charge in [0.1, 0.15) is 12.2 Å². The fourth-order valence-electron chi connectivity index (χ4n) is 3.88. The lowest BCUT2D eigenvalue weighted by Crippen LogP contribution is -2.54. The van der Waals surface area contributed by atoms with Gasteiger partial charge in [0.25, 0.3) is 11.8 Å². The number of ether oxygens (including phenoxy) is 2. The molecule has 4 rings (SSSR count). The summed E-state index contributed by atoms with van der Waals surface area (Å²) in [6.07, 6.45) is 1.46. The minimum absolute atomic E-state index is 0.151. The van der Waals surface area contributed by atoms with Crippen LogP contribution in [0.25, 0.3) is 6.08 Å². The fourth-order valence-corrected chi connectivity index (χ4v) is 4.66. The van der Waals surface area contributed by atoms with Crippen LogP contribution in [-0.4, -0.2) is 24.5 Å². The van der Waals surface area contributed by atoms with Crippen molar-refractivity contribution in [2.75, 3.05) is 11.5 Å². The van der Waals surface area contributed by atoms with Crippen molar-refractivity contribution in [1.29, 1.82) is 0 Å². The number of imide groups is 2. The number of hydrogen-bond acceptors (Lipinski definition) is 5. The van der Waals surface area contributed by atoms with Crippen LogP contribution in [0.15, 0.2) is 60.2 Å². The lowest BCUT2D eigenvalue weighted by Gasteiger charge is -2.26. The zero-order valence-electron chi connectivity index (χ0n) is 21.1. The van der Waals surface area contributed by atoms with Crippen LogP contribution in [0.5, 0.6) is 11.5 Å². The molecule has 7 nitrogen and oxygen atoms in total. The molecule has 0 aliphatic carbocycles. The molecular formula is C29H27IN2O5. The molecule has 0 atom stereocenters. The predicted molar refractivity (Wildman–Crippen MR) is 151 cm³/mol. The maximum atomic E-state index is 13.2. The van der Waals surface area contributed by atoms with Gasteiger partial charge in [-0.2, -0.15) is 0 Å². The summed E-state index contributed by atoms with van der Waals surface area (Å²) >= 11 is 2.15. The van der Waals surface area contributed by atoms with Crippen molar-refractivity contribution in [2.24, 2.45) is 0 Å². The van der Waals surface area contributed by atoms with Gasteiger partial charge < -0.3 is 9.47 Å². The van der Waals surface area contributed by atoms with Gasteiger partial charge in [-0.25, -0.2) is 9.69 Å². The zero-order valence-corrected chi connectivity index (χ0v) is 23.2. The number of halogens is 1. The molecule has 0 unspecified atom stereocenters. The molecule has 1 aliphatic rings. The molecular weight excluding hydrogens is 583 g/mol. The number of anilines is 1. The SMILES string of the molecule is CCOc1cc(/C=C2\C(=O)NC(=O)N(c3ccc(C)cc3)C2=O)cc(I)c1OCc1ccc(C)c(C)c1. The number of carbonyl (C=O) groups excluding carboxylic acids is 3. The van der Waals surface area contributed by atoms with Gasteiger partial charge in [0.15, 0.2) is 11.5 Å². The molecule has 1 aliphatic heterocycles. The summed E-state index contributed by atoms with van der Waals surface area (Å²) in [5, 5.41) is 2.26. The van der Waals surface area contributed by atoms with E-state index in [1.807, 2.05) is 19.9 Å². The van der Waals surface area contributed by atoms with Crippen LogP contribution in [0.1, 0.15) is 34.7 Å². The van der Waals surface area contributed by atoms with Crippen molar-refractivity contribution in [2.45, 2.75) is 34.3 Å². The van der Waals surface area contributed by atoms with E-state index in [0.717, 1.165) is 19.6 Å². The van der Waals surface area contributed by atoms with E-state index in [-0.39, 0.29) is 5.57 Å². The highest BCUT2D eigenvalue weighted by atomic mass is 127. The third kappa shape index (κ3) is 5.85. The maximum Gasteiger partial charge on any atom is 0.335 e. The molecule has 8 heteroatoms. The first-order valence-corrected chi connectivity index (χ1v) is 12.9. The molecule has 1 N–H and O–H groups in total. The predicted octanol–water partition coefficient (Wildman–Crippen LogP) is 5.86. The fraction of sp³-hybridized carbons (Fsp3) is 0.207. The van der Waals surface area contributed by atoms with E-state index in [1.165, 1.54) is 17.2 Å². The number of hydrogen-bond donors (Lipinski definition) is 1. The van der Waals surface area contributed by atoms with Crippen LogP contribution in [0, 0.1) is 24.3 Å². The molecule has 0 saturated carbocycles. The summed E-state index contributed by atoms with van der Waals surface area (Å²) in [5.41, 5.74) is 5.23. The van der Waals surface area contributed by atoms with Crippen molar-refractivity contribution in [3.8, 4) is 11.5 Å². The number of carbonyl (C=O) groups is 3. The lowest BCUT2D eigenvalue weighted by molar-refractivity contribution is -0.122. The maximum absolute atomic E-state index is 13.2. The van der Waals surface area contributed by atoms with Gasteiger partial charge in [-0.15, -0.1) is 0 Å². The van der Waals surface area contributed by atoms with E-state index >= 15 is 0 Å². The number of rotatable bonds is 7. The van der Waals surface area contributed by atoms with Gasteiger partial charge in [-0.3, -0.25) is 14.9 Å². The van der Waals surface area contributed by atoms with Crippen LogP contribution in [0.3, 0.4) is 0 Å². The number of nitrogens with one attached hydrogen (secondary N) is 1. The van der Waals surface area contributed by atoms with E-state index in [2.05, 4.69) is 53.9 Å². The Bertz CT molecular complexity index is 1410. The van der Waals surface area contributed by atoms with Crippen molar-refractivity contribution >= 4 is 52.2 Å². The molecule has 0 aromatic heterocycles. The Kier molecular flexibility index (Phi) is 7.97. The zero-order chi connectivity index (χ0) is 26.7. The monoisotopic (exact) mass is 610 g/mol. The minimum Gasteiger partial charge on any atom is -0.490 e. The van der Waals surface area contributed by atoms with E-state index in [1.54, 1.807) is 36.4 Å². The Morgan fingerprint density at radius 3 is 2.32 bits per heavy atom. The van der Waals surface area contributed by atoms with Crippen LogP contribution >= 0.6 is 22.6 Å². The molecule has 1 saturated heterocycles. The molecule has 3 aromatic rings. The molecule has 0 bridgehead atoms. The van der Waals surface area contributed by atoms with Crippen molar-refractivity contribution in [3.63, 3.8) is 0 Å². The average Bonchev–Trinajstić information content (AvgIpc) is 2.84. The van der Waals surface area contributed by atoms with E-state index in [9.17, 15) is 14.4 Å². The molecule has 0 radical (unpaired) electrons. The smallest absolute Gasteiger partial charge is 0.335 e. The highest BCUT2D eigenvalue weighted by molar-refractivity contribution is 14.1. The summed E-state index contributed by atoms with van der Waals surface area (Å²) in [4.78, 5) is 39.3. The molecule has 1 heterocycles. The van der Waals surface area contributed by atoms with Gasteiger partial charge in [0, 0.05) is 0 Å². The second-order valence-electron chi connectivity index (χ2n) is 8.76. The van der Waals surface area contributed by atoms with Gasteiger partial charge >= 0.3 is 6.03 Å².